The van der Waals surface area contributed by atoms with E-state index in [0.717, 1.165) is 12.0 Å². The van der Waals surface area contributed by atoms with E-state index in [9.17, 15) is 4.79 Å². The molecule has 0 radical (unpaired) electrons. The molecule has 0 unspecified atom stereocenters. The van der Waals surface area contributed by atoms with Crippen LogP contribution in [0.5, 0.6) is 5.75 Å². The average molecular weight is 371 g/mol. The number of rotatable bonds is 5. The Morgan fingerprint density at radius 1 is 0.962 bits per heavy atom. The fourth-order valence-electron chi connectivity index (χ4n) is 3.29. The van der Waals surface area contributed by atoms with Crippen LogP contribution in [-0.4, -0.2) is 5.97 Å². The molecule has 0 aromatic heterocycles. The number of esters is 1. The fourth-order valence-corrected chi connectivity index (χ4v) is 3.42. The minimum atomic E-state index is -0.401. The standard InChI is InChI=1S/C23H27ClO2/c1-22(2,3)16-23(4,5)18-9-13-20(14-10-18)26-21(25)15-8-17-6-11-19(24)12-7-17/h6-15H,16H2,1-5H3. The predicted molar refractivity (Wildman–Crippen MR) is 110 cm³/mol. The van der Waals surface area contributed by atoms with E-state index in [1.165, 1.54) is 11.6 Å². The molecule has 0 bridgehead atoms. The van der Waals surface area contributed by atoms with Crippen molar-refractivity contribution in [1.29, 1.82) is 0 Å². The molecule has 0 saturated heterocycles. The van der Waals surface area contributed by atoms with Crippen molar-refractivity contribution < 1.29 is 9.53 Å². The zero-order valence-corrected chi connectivity index (χ0v) is 16.9. The van der Waals surface area contributed by atoms with Crippen molar-refractivity contribution in [2.24, 2.45) is 5.41 Å². The predicted octanol–water partition coefficient (Wildman–Crippen LogP) is 6.67. The Labute approximate surface area is 161 Å². The van der Waals surface area contributed by atoms with Crippen LogP contribution in [0.3, 0.4) is 0 Å². The van der Waals surface area contributed by atoms with E-state index in [1.54, 1.807) is 18.2 Å². The monoisotopic (exact) mass is 370 g/mol. The molecule has 2 aromatic rings. The van der Waals surface area contributed by atoms with Crippen LogP contribution in [0.4, 0.5) is 0 Å². The van der Waals surface area contributed by atoms with Crippen molar-refractivity contribution in [2.45, 2.75) is 46.5 Å². The molecule has 26 heavy (non-hydrogen) atoms. The van der Waals surface area contributed by atoms with Crippen LogP contribution in [-0.2, 0) is 10.2 Å². The van der Waals surface area contributed by atoms with Gasteiger partial charge in [0.15, 0.2) is 0 Å². The number of ether oxygens (including phenoxy) is 1. The molecule has 0 spiro atoms. The van der Waals surface area contributed by atoms with Gasteiger partial charge in [-0.15, -0.1) is 0 Å². The highest BCUT2D eigenvalue weighted by atomic mass is 35.5. The number of carbonyl (C=O) groups excluding carboxylic acids is 1. The van der Waals surface area contributed by atoms with E-state index in [0.29, 0.717) is 10.8 Å². The summed E-state index contributed by atoms with van der Waals surface area (Å²) in [6.45, 7) is 11.2. The van der Waals surface area contributed by atoms with Gasteiger partial charge < -0.3 is 4.74 Å². The number of hydrogen-bond acceptors (Lipinski definition) is 2. The zero-order chi connectivity index (χ0) is 19.4. The SMILES string of the molecule is CC(C)(C)CC(C)(C)c1ccc(OC(=O)C=Cc2ccc(Cl)cc2)cc1. The van der Waals surface area contributed by atoms with Crippen molar-refractivity contribution in [3.05, 3.63) is 70.8 Å². The van der Waals surface area contributed by atoms with E-state index >= 15 is 0 Å². The van der Waals surface area contributed by atoms with Crippen molar-refractivity contribution in [3.8, 4) is 5.75 Å². The van der Waals surface area contributed by atoms with Gasteiger partial charge in [0.25, 0.3) is 0 Å². The molecule has 2 rings (SSSR count). The minimum Gasteiger partial charge on any atom is -0.423 e. The Balaban J connectivity index is 2.00. The summed E-state index contributed by atoms with van der Waals surface area (Å²) >= 11 is 5.85. The fraction of sp³-hybridized carbons (Fsp3) is 0.348. The Hall–Kier alpha value is -2.06. The number of halogens is 1. The van der Waals surface area contributed by atoms with Gasteiger partial charge in [-0.1, -0.05) is 70.5 Å². The first-order valence-corrected chi connectivity index (χ1v) is 9.19. The lowest BCUT2D eigenvalue weighted by atomic mass is 9.72. The van der Waals surface area contributed by atoms with Crippen LogP contribution in [0, 0.1) is 5.41 Å². The molecule has 0 N–H and O–H groups in total. The number of hydrogen-bond donors (Lipinski definition) is 0. The summed E-state index contributed by atoms with van der Waals surface area (Å²) in [7, 11) is 0. The maximum absolute atomic E-state index is 12.0. The summed E-state index contributed by atoms with van der Waals surface area (Å²) in [4.78, 5) is 12.0. The van der Waals surface area contributed by atoms with Crippen LogP contribution in [0.15, 0.2) is 54.6 Å². The Kier molecular flexibility index (Phi) is 6.30. The third-order valence-electron chi connectivity index (χ3n) is 4.11. The third kappa shape index (κ3) is 6.34. The third-order valence-corrected chi connectivity index (χ3v) is 4.36. The van der Waals surface area contributed by atoms with Gasteiger partial charge in [-0.25, -0.2) is 4.79 Å². The van der Waals surface area contributed by atoms with Crippen molar-refractivity contribution in [3.63, 3.8) is 0 Å². The Morgan fingerprint density at radius 2 is 1.54 bits per heavy atom. The van der Waals surface area contributed by atoms with E-state index in [2.05, 4.69) is 34.6 Å². The lowest BCUT2D eigenvalue weighted by Crippen LogP contribution is -2.24. The van der Waals surface area contributed by atoms with Gasteiger partial charge >= 0.3 is 5.97 Å². The normalized spacial score (nSPS) is 12.4. The molecule has 2 nitrogen and oxygen atoms in total. The molecule has 0 aliphatic rings. The quantitative estimate of drug-likeness (QED) is 0.333. The highest BCUT2D eigenvalue weighted by molar-refractivity contribution is 6.30. The van der Waals surface area contributed by atoms with Crippen molar-refractivity contribution in [1.82, 2.24) is 0 Å². The first-order valence-electron chi connectivity index (χ1n) is 8.81. The first kappa shape index (κ1) is 20.3. The molecular weight excluding hydrogens is 344 g/mol. The number of carbonyl (C=O) groups is 1. The lowest BCUT2D eigenvalue weighted by molar-refractivity contribution is -0.128. The molecule has 0 aliphatic carbocycles. The van der Waals surface area contributed by atoms with Crippen LogP contribution >= 0.6 is 11.6 Å². The zero-order valence-electron chi connectivity index (χ0n) is 16.2. The first-order chi connectivity index (χ1) is 12.0. The topological polar surface area (TPSA) is 26.3 Å². The number of benzene rings is 2. The Bertz CT molecular complexity index is 763. The average Bonchev–Trinajstić information content (AvgIpc) is 2.52. The highest BCUT2D eigenvalue weighted by Gasteiger charge is 2.27. The lowest BCUT2D eigenvalue weighted by Gasteiger charge is -2.33. The molecule has 0 atom stereocenters. The van der Waals surface area contributed by atoms with Crippen LogP contribution in [0.25, 0.3) is 6.08 Å². The molecule has 0 heterocycles. The largest absolute Gasteiger partial charge is 0.423 e. The van der Waals surface area contributed by atoms with Gasteiger partial charge in [-0.05, 0) is 58.7 Å². The van der Waals surface area contributed by atoms with Crippen LogP contribution < -0.4 is 4.74 Å². The van der Waals surface area contributed by atoms with Gasteiger partial charge in [-0.3, -0.25) is 0 Å². The summed E-state index contributed by atoms with van der Waals surface area (Å²) in [6.07, 6.45) is 4.20. The van der Waals surface area contributed by atoms with Gasteiger partial charge in [0.05, 0.1) is 0 Å². The summed E-state index contributed by atoms with van der Waals surface area (Å²) in [5.74, 6) is 0.146. The summed E-state index contributed by atoms with van der Waals surface area (Å²) in [6, 6.07) is 15.0. The molecule has 0 aliphatic heterocycles. The maximum atomic E-state index is 12.0. The van der Waals surface area contributed by atoms with Crippen LogP contribution in [0.2, 0.25) is 5.02 Å². The summed E-state index contributed by atoms with van der Waals surface area (Å²) in [5, 5.41) is 0.666. The van der Waals surface area contributed by atoms with Gasteiger partial charge in [0.1, 0.15) is 5.75 Å². The van der Waals surface area contributed by atoms with Gasteiger partial charge in [0, 0.05) is 11.1 Å². The highest BCUT2D eigenvalue weighted by Crippen LogP contribution is 2.36. The molecule has 0 amide bonds. The molecule has 2 aromatic carbocycles. The Morgan fingerprint density at radius 3 is 2.08 bits per heavy atom. The van der Waals surface area contributed by atoms with Crippen molar-refractivity contribution >= 4 is 23.6 Å². The van der Waals surface area contributed by atoms with Gasteiger partial charge in [-0.2, -0.15) is 0 Å². The van der Waals surface area contributed by atoms with E-state index in [-0.39, 0.29) is 10.8 Å². The summed E-state index contributed by atoms with van der Waals surface area (Å²) < 4.78 is 5.38. The molecule has 3 heteroatoms. The van der Waals surface area contributed by atoms with Gasteiger partial charge in [0.2, 0.25) is 0 Å². The van der Waals surface area contributed by atoms with E-state index in [4.69, 9.17) is 16.3 Å². The van der Waals surface area contributed by atoms with E-state index < -0.39 is 5.97 Å². The van der Waals surface area contributed by atoms with E-state index in [1.807, 2.05) is 36.4 Å². The van der Waals surface area contributed by atoms with Crippen LogP contribution in [0.1, 0.15) is 52.2 Å². The summed E-state index contributed by atoms with van der Waals surface area (Å²) in [5.41, 5.74) is 2.45. The second-order valence-corrected chi connectivity index (χ2v) is 8.89. The molecule has 0 fully saturated rings. The molecule has 138 valence electrons. The van der Waals surface area contributed by atoms with Crippen molar-refractivity contribution in [2.75, 3.05) is 0 Å². The maximum Gasteiger partial charge on any atom is 0.336 e. The molecular formula is C23H27ClO2. The second kappa shape index (κ2) is 8.09. The second-order valence-electron chi connectivity index (χ2n) is 8.45. The molecule has 0 saturated carbocycles. The minimum absolute atomic E-state index is 0.0648. The smallest absolute Gasteiger partial charge is 0.336 e.